The molecule has 2 nitrogen and oxygen atoms in total. The Morgan fingerprint density at radius 1 is 0.654 bits per heavy atom. The van der Waals surface area contributed by atoms with Crippen LogP contribution in [0.5, 0.6) is 11.5 Å². The van der Waals surface area contributed by atoms with E-state index in [0.29, 0.717) is 5.75 Å². The second kappa shape index (κ2) is 7.25. The molecule has 2 N–H and O–H groups in total. The van der Waals surface area contributed by atoms with Gasteiger partial charge in [0, 0.05) is 28.5 Å². The lowest BCUT2D eigenvalue weighted by Crippen LogP contribution is -2.03. The second-order valence-corrected chi connectivity index (χ2v) is 7.21. The van der Waals surface area contributed by atoms with E-state index in [1.54, 1.807) is 6.07 Å². The van der Waals surface area contributed by atoms with Gasteiger partial charge in [-0.05, 0) is 25.5 Å². The third kappa shape index (κ3) is 3.45. The molecule has 0 aliphatic rings. The lowest BCUT2D eigenvalue weighted by molar-refractivity contribution is 0.451. The van der Waals surface area contributed by atoms with Gasteiger partial charge in [0.2, 0.25) is 0 Å². The van der Waals surface area contributed by atoms with E-state index in [4.69, 9.17) is 0 Å². The molecule has 0 saturated heterocycles. The second-order valence-electron chi connectivity index (χ2n) is 7.21. The number of benzene rings is 3. The maximum absolute atomic E-state index is 11.1. The topological polar surface area (TPSA) is 40.5 Å². The van der Waals surface area contributed by atoms with Gasteiger partial charge in [0.25, 0.3) is 0 Å². The molecule has 3 aromatic carbocycles. The van der Waals surface area contributed by atoms with Crippen molar-refractivity contribution in [1.82, 2.24) is 0 Å². The number of hydrogen-bond donors (Lipinski definition) is 2. The molecule has 3 rings (SSSR count). The first-order valence-corrected chi connectivity index (χ1v) is 9.06. The molecular formula is C24H26O2. The van der Waals surface area contributed by atoms with Crippen LogP contribution in [0, 0.1) is 13.8 Å². The van der Waals surface area contributed by atoms with Crippen molar-refractivity contribution in [2.45, 2.75) is 39.5 Å². The Bertz CT molecular complexity index is 913. The molecule has 2 unspecified atom stereocenters. The molecule has 0 spiro atoms. The van der Waals surface area contributed by atoms with Crippen molar-refractivity contribution in [1.29, 1.82) is 0 Å². The number of phenolic OH excluding ortho intramolecular Hbond substituents is 2. The quantitative estimate of drug-likeness (QED) is 0.606. The molecule has 0 radical (unpaired) electrons. The number of aryl methyl sites for hydroxylation is 2. The minimum atomic E-state index is -0.100. The fourth-order valence-corrected chi connectivity index (χ4v) is 3.61. The van der Waals surface area contributed by atoms with Crippen LogP contribution in [0.15, 0.2) is 60.7 Å². The van der Waals surface area contributed by atoms with E-state index in [1.165, 1.54) is 5.56 Å². The smallest absolute Gasteiger partial charge is 0.123 e. The van der Waals surface area contributed by atoms with Crippen molar-refractivity contribution in [2.24, 2.45) is 0 Å². The van der Waals surface area contributed by atoms with E-state index in [9.17, 15) is 10.2 Å². The van der Waals surface area contributed by atoms with E-state index in [2.05, 4.69) is 25.1 Å². The summed E-state index contributed by atoms with van der Waals surface area (Å²) in [5.74, 6) is 0.576. The summed E-state index contributed by atoms with van der Waals surface area (Å²) in [5, 5.41) is 21.4. The average molecular weight is 346 g/mol. The van der Waals surface area contributed by atoms with Crippen molar-refractivity contribution in [3.8, 4) is 11.5 Å². The highest BCUT2D eigenvalue weighted by atomic mass is 16.3. The summed E-state index contributed by atoms with van der Waals surface area (Å²) in [6, 6.07) is 19.9. The Morgan fingerprint density at radius 2 is 1.23 bits per heavy atom. The molecule has 0 amide bonds. The third-order valence-corrected chi connectivity index (χ3v) is 5.20. The lowest BCUT2D eigenvalue weighted by atomic mass is 9.84. The van der Waals surface area contributed by atoms with Gasteiger partial charge in [0.05, 0.1) is 0 Å². The molecule has 134 valence electrons. The van der Waals surface area contributed by atoms with Crippen molar-refractivity contribution in [3.63, 3.8) is 0 Å². The first-order valence-electron chi connectivity index (χ1n) is 9.06. The van der Waals surface area contributed by atoms with E-state index >= 15 is 0 Å². The molecule has 2 atom stereocenters. The lowest BCUT2D eigenvalue weighted by Gasteiger charge is -2.22. The first kappa shape index (κ1) is 18.1. The van der Waals surface area contributed by atoms with Crippen molar-refractivity contribution in [3.05, 3.63) is 94.0 Å². The predicted octanol–water partition coefficient (Wildman–Crippen LogP) is 6.02. The van der Waals surface area contributed by atoms with Gasteiger partial charge in [0.1, 0.15) is 11.5 Å². The number of aromatic hydroxyl groups is 2. The molecule has 0 aliphatic heterocycles. The summed E-state index contributed by atoms with van der Waals surface area (Å²) in [7, 11) is 0. The van der Waals surface area contributed by atoms with Gasteiger partial charge in [-0.2, -0.15) is 0 Å². The molecule has 0 aliphatic carbocycles. The maximum atomic E-state index is 11.1. The average Bonchev–Trinajstić information content (AvgIpc) is 2.65. The van der Waals surface area contributed by atoms with Gasteiger partial charge in [-0.25, -0.2) is 0 Å². The summed E-state index contributed by atoms with van der Waals surface area (Å²) in [6.45, 7) is 8.20. The zero-order chi connectivity index (χ0) is 18.8. The zero-order valence-corrected chi connectivity index (χ0v) is 15.8. The molecular weight excluding hydrogens is 320 g/mol. The van der Waals surface area contributed by atoms with Crippen LogP contribution >= 0.6 is 0 Å². The van der Waals surface area contributed by atoms with E-state index in [1.807, 2.05) is 57.2 Å². The minimum Gasteiger partial charge on any atom is -0.508 e. The Kier molecular flexibility index (Phi) is 5.03. The van der Waals surface area contributed by atoms with E-state index in [-0.39, 0.29) is 17.6 Å². The Labute approximate surface area is 155 Å². The normalized spacial score (nSPS) is 13.4. The molecule has 2 heteroatoms. The summed E-state index contributed by atoms with van der Waals surface area (Å²) in [6.07, 6.45) is 0. The molecule has 26 heavy (non-hydrogen) atoms. The summed E-state index contributed by atoms with van der Waals surface area (Å²) in [4.78, 5) is 0. The summed E-state index contributed by atoms with van der Waals surface area (Å²) >= 11 is 0. The standard InChI is InChI=1S/C24H26O2/c1-15-10-11-23(25)20(12-15)18(4)22-14-16(2)13-21(24(22)26)17(3)19-8-6-5-7-9-19/h5-14,17-18,25-26H,1-4H3. The van der Waals surface area contributed by atoms with Gasteiger partial charge >= 0.3 is 0 Å². The number of phenols is 2. The highest BCUT2D eigenvalue weighted by Gasteiger charge is 2.21. The molecule has 0 bridgehead atoms. The molecule has 0 saturated carbocycles. The van der Waals surface area contributed by atoms with Gasteiger partial charge in [-0.1, -0.05) is 79.6 Å². The molecule has 0 fully saturated rings. The Balaban J connectivity index is 2.09. The Hall–Kier alpha value is -2.74. The van der Waals surface area contributed by atoms with Crippen LogP contribution in [0.2, 0.25) is 0 Å². The zero-order valence-electron chi connectivity index (χ0n) is 15.8. The number of rotatable bonds is 4. The monoisotopic (exact) mass is 346 g/mol. The third-order valence-electron chi connectivity index (χ3n) is 5.20. The van der Waals surface area contributed by atoms with Crippen molar-refractivity contribution in [2.75, 3.05) is 0 Å². The van der Waals surface area contributed by atoms with Crippen molar-refractivity contribution >= 4 is 0 Å². The van der Waals surface area contributed by atoms with Crippen LogP contribution in [0.4, 0.5) is 0 Å². The minimum absolute atomic E-state index is 0.0909. The van der Waals surface area contributed by atoms with Crippen LogP contribution in [-0.2, 0) is 0 Å². The highest BCUT2D eigenvalue weighted by molar-refractivity contribution is 5.53. The maximum Gasteiger partial charge on any atom is 0.123 e. The fraction of sp³-hybridized carbons (Fsp3) is 0.250. The Morgan fingerprint density at radius 3 is 1.88 bits per heavy atom. The highest BCUT2D eigenvalue weighted by Crippen LogP contribution is 2.41. The summed E-state index contributed by atoms with van der Waals surface area (Å²) < 4.78 is 0. The predicted molar refractivity (Wildman–Crippen MR) is 107 cm³/mol. The number of hydrogen-bond acceptors (Lipinski definition) is 2. The molecule has 0 heterocycles. The SMILES string of the molecule is Cc1ccc(O)c(C(C)c2cc(C)cc(C(C)c3ccccc3)c2O)c1. The fourth-order valence-electron chi connectivity index (χ4n) is 3.61. The summed E-state index contributed by atoms with van der Waals surface area (Å²) in [5.41, 5.74) is 5.98. The first-order chi connectivity index (χ1) is 12.4. The molecule has 3 aromatic rings. The van der Waals surface area contributed by atoms with Gasteiger partial charge in [0.15, 0.2) is 0 Å². The van der Waals surface area contributed by atoms with E-state index in [0.717, 1.165) is 27.8 Å². The van der Waals surface area contributed by atoms with Gasteiger partial charge < -0.3 is 10.2 Å². The molecule has 0 aromatic heterocycles. The van der Waals surface area contributed by atoms with Gasteiger partial charge in [-0.15, -0.1) is 0 Å². The van der Waals surface area contributed by atoms with Crippen LogP contribution in [0.1, 0.15) is 59.1 Å². The van der Waals surface area contributed by atoms with Crippen molar-refractivity contribution < 1.29 is 10.2 Å². The van der Waals surface area contributed by atoms with Crippen LogP contribution in [0.25, 0.3) is 0 Å². The van der Waals surface area contributed by atoms with Crippen LogP contribution < -0.4 is 0 Å². The van der Waals surface area contributed by atoms with E-state index < -0.39 is 0 Å². The largest absolute Gasteiger partial charge is 0.508 e. The van der Waals surface area contributed by atoms with Crippen LogP contribution in [-0.4, -0.2) is 10.2 Å². The van der Waals surface area contributed by atoms with Crippen LogP contribution in [0.3, 0.4) is 0 Å². The van der Waals surface area contributed by atoms with Gasteiger partial charge in [-0.3, -0.25) is 0 Å².